The van der Waals surface area contributed by atoms with Crippen molar-refractivity contribution < 1.29 is 0 Å². The molecule has 2 aromatic heterocycles. The summed E-state index contributed by atoms with van der Waals surface area (Å²) in [5.74, 6) is 0. The maximum Gasteiger partial charge on any atom is 0.0813 e. The van der Waals surface area contributed by atoms with Crippen LogP contribution in [0.3, 0.4) is 0 Å². The Balaban J connectivity index is 1.85. The van der Waals surface area contributed by atoms with E-state index >= 15 is 0 Å². The minimum absolute atomic E-state index is 0.225. The van der Waals surface area contributed by atoms with Crippen LogP contribution in [0.2, 0.25) is 0 Å². The van der Waals surface area contributed by atoms with Gasteiger partial charge in [-0.2, -0.15) is 5.10 Å². The average Bonchev–Trinajstić information content (AvgIpc) is 2.96. The zero-order chi connectivity index (χ0) is 12.5. The van der Waals surface area contributed by atoms with Gasteiger partial charge in [0.15, 0.2) is 0 Å². The largest absolute Gasteiger partial charge is 0.377 e. The van der Waals surface area contributed by atoms with Crippen molar-refractivity contribution in [2.75, 3.05) is 5.32 Å². The van der Waals surface area contributed by atoms with Crippen molar-refractivity contribution in [3.05, 3.63) is 41.7 Å². The first-order chi connectivity index (χ1) is 8.74. The number of aromatic nitrogens is 3. The van der Waals surface area contributed by atoms with E-state index in [2.05, 4.69) is 34.5 Å². The second kappa shape index (κ2) is 4.42. The Morgan fingerprint density at radius 3 is 3.00 bits per heavy atom. The van der Waals surface area contributed by atoms with Crippen molar-refractivity contribution in [3.63, 3.8) is 0 Å². The van der Waals surface area contributed by atoms with Gasteiger partial charge < -0.3 is 5.32 Å². The third-order valence-electron chi connectivity index (χ3n) is 3.02. The first-order valence-corrected chi connectivity index (χ1v) is 6.70. The molecule has 0 aliphatic rings. The molecule has 2 heterocycles. The van der Waals surface area contributed by atoms with E-state index in [-0.39, 0.29) is 6.04 Å². The summed E-state index contributed by atoms with van der Waals surface area (Å²) in [6.45, 7) is 2.13. The molecule has 4 nitrogen and oxygen atoms in total. The topological polar surface area (TPSA) is 42.7 Å². The zero-order valence-corrected chi connectivity index (χ0v) is 11.1. The van der Waals surface area contributed by atoms with Crippen LogP contribution in [0.25, 0.3) is 10.2 Å². The van der Waals surface area contributed by atoms with Crippen LogP contribution in [0.15, 0.2) is 36.0 Å². The monoisotopic (exact) mass is 258 g/mol. The Morgan fingerprint density at radius 2 is 2.22 bits per heavy atom. The number of thiazole rings is 1. The van der Waals surface area contributed by atoms with Gasteiger partial charge >= 0.3 is 0 Å². The number of aryl methyl sites for hydroxylation is 1. The molecule has 0 amide bonds. The Bertz CT molecular complexity index is 670. The molecule has 0 fully saturated rings. The highest BCUT2D eigenvalue weighted by molar-refractivity contribution is 7.16. The van der Waals surface area contributed by atoms with Crippen molar-refractivity contribution in [1.82, 2.24) is 14.8 Å². The van der Waals surface area contributed by atoms with Gasteiger partial charge in [0.25, 0.3) is 0 Å². The molecule has 0 spiro atoms. The highest BCUT2D eigenvalue weighted by Crippen LogP contribution is 2.24. The van der Waals surface area contributed by atoms with Crippen LogP contribution in [0.5, 0.6) is 0 Å². The molecule has 3 aromatic rings. The van der Waals surface area contributed by atoms with Crippen molar-refractivity contribution >= 4 is 27.2 Å². The second-order valence-corrected chi connectivity index (χ2v) is 5.17. The summed E-state index contributed by atoms with van der Waals surface area (Å²) in [5, 5.41) is 7.67. The first kappa shape index (κ1) is 11.2. The molecule has 0 aliphatic heterocycles. The molecule has 18 heavy (non-hydrogen) atoms. The number of nitrogens with zero attached hydrogens (tertiary/aromatic N) is 3. The Morgan fingerprint density at radius 1 is 1.33 bits per heavy atom. The highest BCUT2D eigenvalue weighted by Gasteiger charge is 2.09. The molecular weight excluding hydrogens is 244 g/mol. The van der Waals surface area contributed by atoms with Gasteiger partial charge in [-0.1, -0.05) is 0 Å². The van der Waals surface area contributed by atoms with Gasteiger partial charge in [0.2, 0.25) is 0 Å². The Labute approximate surface area is 109 Å². The van der Waals surface area contributed by atoms with Crippen LogP contribution in [-0.4, -0.2) is 14.8 Å². The summed E-state index contributed by atoms with van der Waals surface area (Å²) in [4.78, 5) is 4.28. The number of hydrogen-bond donors (Lipinski definition) is 1. The molecule has 0 saturated carbocycles. The first-order valence-electron chi connectivity index (χ1n) is 5.82. The summed E-state index contributed by atoms with van der Waals surface area (Å²) in [6.07, 6.45) is 1.82. The van der Waals surface area contributed by atoms with E-state index in [1.54, 1.807) is 11.3 Å². The van der Waals surface area contributed by atoms with E-state index in [0.29, 0.717) is 0 Å². The lowest BCUT2D eigenvalue weighted by atomic mass is 10.2. The predicted molar refractivity (Wildman–Crippen MR) is 74.9 cm³/mol. The molecule has 0 radical (unpaired) electrons. The SMILES string of the molecule is CC(Nc1ccc2ncsc2c1)c1ccnn1C. The van der Waals surface area contributed by atoms with Crippen molar-refractivity contribution in [3.8, 4) is 0 Å². The van der Waals surface area contributed by atoms with Crippen LogP contribution < -0.4 is 5.32 Å². The smallest absolute Gasteiger partial charge is 0.0813 e. The predicted octanol–water partition coefficient (Wildman–Crippen LogP) is 3.20. The number of rotatable bonds is 3. The molecule has 0 bridgehead atoms. The van der Waals surface area contributed by atoms with Crippen molar-refractivity contribution in [2.24, 2.45) is 7.05 Å². The highest BCUT2D eigenvalue weighted by atomic mass is 32.1. The standard InChI is InChI=1S/C13H14N4S/c1-9(12-5-6-15-17(12)2)16-10-3-4-11-13(7-10)18-8-14-11/h3-9,16H,1-2H3. The number of fused-ring (bicyclic) bond motifs is 1. The summed E-state index contributed by atoms with van der Waals surface area (Å²) < 4.78 is 3.10. The molecule has 1 aromatic carbocycles. The van der Waals surface area contributed by atoms with E-state index in [4.69, 9.17) is 0 Å². The van der Waals surface area contributed by atoms with Gasteiger partial charge in [-0.3, -0.25) is 4.68 Å². The van der Waals surface area contributed by atoms with Crippen LogP contribution in [0, 0.1) is 0 Å². The Hall–Kier alpha value is -1.88. The molecule has 92 valence electrons. The van der Waals surface area contributed by atoms with Crippen molar-refractivity contribution in [2.45, 2.75) is 13.0 Å². The molecule has 0 aliphatic carbocycles. The lowest BCUT2D eigenvalue weighted by Gasteiger charge is -2.15. The molecule has 1 unspecified atom stereocenters. The summed E-state index contributed by atoms with van der Waals surface area (Å²) in [7, 11) is 1.96. The number of nitrogens with one attached hydrogen (secondary N) is 1. The van der Waals surface area contributed by atoms with Crippen LogP contribution in [0.1, 0.15) is 18.7 Å². The van der Waals surface area contributed by atoms with Gasteiger partial charge in [0, 0.05) is 18.9 Å². The minimum Gasteiger partial charge on any atom is -0.377 e. The lowest BCUT2D eigenvalue weighted by molar-refractivity contribution is 0.676. The molecule has 3 rings (SSSR count). The van der Waals surface area contributed by atoms with Gasteiger partial charge in [-0.15, -0.1) is 11.3 Å². The van der Waals surface area contributed by atoms with Crippen molar-refractivity contribution in [1.29, 1.82) is 0 Å². The fraction of sp³-hybridized carbons (Fsp3) is 0.231. The summed E-state index contributed by atoms with van der Waals surface area (Å²) in [5.41, 5.74) is 5.21. The van der Waals surface area contributed by atoms with Crippen LogP contribution in [0.4, 0.5) is 5.69 Å². The van der Waals surface area contributed by atoms with E-state index < -0.39 is 0 Å². The molecule has 1 N–H and O–H groups in total. The van der Waals surface area contributed by atoms with Gasteiger partial charge in [0.1, 0.15) is 0 Å². The maximum atomic E-state index is 4.28. The number of anilines is 1. The van der Waals surface area contributed by atoms with E-state index in [0.717, 1.165) is 11.2 Å². The lowest BCUT2D eigenvalue weighted by Crippen LogP contribution is -2.11. The Kier molecular flexibility index (Phi) is 2.76. The second-order valence-electron chi connectivity index (χ2n) is 4.28. The van der Waals surface area contributed by atoms with Crippen LogP contribution in [-0.2, 0) is 7.05 Å². The maximum absolute atomic E-state index is 4.28. The molecular formula is C13H14N4S. The molecule has 5 heteroatoms. The van der Waals surface area contributed by atoms with Gasteiger partial charge in [-0.25, -0.2) is 4.98 Å². The number of hydrogen-bond acceptors (Lipinski definition) is 4. The van der Waals surface area contributed by atoms with E-state index in [9.17, 15) is 0 Å². The molecule has 0 saturated heterocycles. The summed E-state index contributed by atoms with van der Waals surface area (Å²) >= 11 is 1.66. The third-order valence-corrected chi connectivity index (χ3v) is 3.81. The quantitative estimate of drug-likeness (QED) is 0.784. The summed E-state index contributed by atoms with van der Waals surface area (Å²) in [6, 6.07) is 8.50. The van der Waals surface area contributed by atoms with Gasteiger partial charge in [0.05, 0.1) is 27.5 Å². The minimum atomic E-state index is 0.225. The fourth-order valence-electron chi connectivity index (χ4n) is 2.08. The van der Waals surface area contributed by atoms with E-state index in [1.807, 2.05) is 35.6 Å². The van der Waals surface area contributed by atoms with Gasteiger partial charge in [-0.05, 0) is 31.2 Å². The molecule has 1 atom stereocenters. The zero-order valence-electron chi connectivity index (χ0n) is 10.3. The number of benzene rings is 1. The third kappa shape index (κ3) is 1.97. The van der Waals surface area contributed by atoms with E-state index in [1.165, 1.54) is 10.4 Å². The average molecular weight is 258 g/mol. The fourth-order valence-corrected chi connectivity index (χ4v) is 2.79. The van der Waals surface area contributed by atoms with Crippen LogP contribution >= 0.6 is 11.3 Å². The normalized spacial score (nSPS) is 12.8.